The number of thioether (sulfide) groups is 1. The van der Waals surface area contributed by atoms with Crippen molar-refractivity contribution in [3.8, 4) is 28.4 Å². The lowest BCUT2D eigenvalue weighted by Crippen LogP contribution is -2.44. The Kier molecular flexibility index (Phi) is 8.64. The third kappa shape index (κ3) is 5.81. The van der Waals surface area contributed by atoms with Crippen LogP contribution in [-0.4, -0.2) is 54.2 Å². The fourth-order valence-corrected chi connectivity index (χ4v) is 6.15. The highest BCUT2D eigenvalue weighted by molar-refractivity contribution is 8.00. The number of anilines is 1. The van der Waals surface area contributed by atoms with E-state index >= 15 is 0 Å². The molecule has 4 aromatic rings. The predicted octanol–water partition coefficient (Wildman–Crippen LogP) is 5.64. The zero-order valence-corrected chi connectivity index (χ0v) is 24.5. The summed E-state index contributed by atoms with van der Waals surface area (Å²) in [5, 5.41) is 7.86. The van der Waals surface area contributed by atoms with Crippen LogP contribution in [0.1, 0.15) is 36.6 Å². The van der Waals surface area contributed by atoms with Gasteiger partial charge in [0.05, 0.1) is 36.6 Å². The minimum absolute atomic E-state index is 0.00821. The van der Waals surface area contributed by atoms with Gasteiger partial charge in [0.2, 0.25) is 11.8 Å². The van der Waals surface area contributed by atoms with Gasteiger partial charge < -0.3 is 14.8 Å². The van der Waals surface area contributed by atoms with Gasteiger partial charge in [-0.2, -0.15) is 5.10 Å². The van der Waals surface area contributed by atoms with E-state index in [4.69, 9.17) is 14.6 Å². The molecule has 0 spiro atoms. The molecule has 2 heterocycles. The molecule has 0 saturated carbocycles. The maximum atomic E-state index is 13.9. The fourth-order valence-electron chi connectivity index (χ4n) is 4.93. The van der Waals surface area contributed by atoms with E-state index in [1.165, 1.54) is 11.8 Å². The molecule has 2 amide bonds. The van der Waals surface area contributed by atoms with Gasteiger partial charge in [0.25, 0.3) is 0 Å². The van der Waals surface area contributed by atoms with E-state index in [2.05, 4.69) is 5.32 Å². The lowest BCUT2D eigenvalue weighted by molar-refractivity contribution is -0.123. The molecule has 0 bridgehead atoms. The van der Waals surface area contributed by atoms with E-state index in [1.54, 1.807) is 23.8 Å². The first-order valence-corrected chi connectivity index (χ1v) is 14.7. The first-order valence-electron chi connectivity index (χ1n) is 13.6. The molecule has 0 fully saturated rings. The van der Waals surface area contributed by atoms with Crippen molar-refractivity contribution in [2.24, 2.45) is 0 Å². The van der Waals surface area contributed by atoms with Gasteiger partial charge in [-0.05, 0) is 43.7 Å². The number of amides is 2. The van der Waals surface area contributed by atoms with Crippen LogP contribution >= 0.6 is 11.8 Å². The molecule has 41 heavy (non-hydrogen) atoms. The molecule has 1 N–H and O–H groups in total. The van der Waals surface area contributed by atoms with Crippen LogP contribution < -0.4 is 19.7 Å². The van der Waals surface area contributed by atoms with Crippen LogP contribution in [0.3, 0.4) is 0 Å². The SMILES string of the molecule is CC[C@@H](C)NC(=O)CN1C(=O)CS[C@@H](c2ccccc2OC)c2c(-c3ccccc3)nn(-c3ccc(OC)cc3)c21. The third-order valence-corrected chi connectivity index (χ3v) is 8.43. The number of rotatable bonds is 9. The Bertz CT molecular complexity index is 1520. The summed E-state index contributed by atoms with van der Waals surface area (Å²) in [5.41, 5.74) is 4.18. The summed E-state index contributed by atoms with van der Waals surface area (Å²) in [6.07, 6.45) is 0.790. The number of fused-ring (bicyclic) bond motifs is 1. The maximum absolute atomic E-state index is 13.9. The molecular formula is C32H34N4O4S. The lowest BCUT2D eigenvalue weighted by Gasteiger charge is -2.24. The number of carbonyl (C=O) groups excluding carboxylic acids is 2. The molecule has 9 heteroatoms. The number of nitrogens with one attached hydrogen (secondary N) is 1. The van der Waals surface area contributed by atoms with Crippen LogP contribution in [-0.2, 0) is 9.59 Å². The van der Waals surface area contributed by atoms with E-state index in [9.17, 15) is 9.59 Å². The van der Waals surface area contributed by atoms with Crippen LogP contribution in [0, 0.1) is 0 Å². The average Bonchev–Trinajstić information content (AvgIpc) is 3.34. The second kappa shape index (κ2) is 12.5. The fraction of sp³-hybridized carbons (Fsp3) is 0.281. The first-order chi connectivity index (χ1) is 19.9. The lowest BCUT2D eigenvalue weighted by atomic mass is 9.99. The second-order valence-electron chi connectivity index (χ2n) is 9.85. The number of hydrogen-bond donors (Lipinski definition) is 1. The van der Waals surface area contributed by atoms with Crippen LogP contribution in [0.25, 0.3) is 16.9 Å². The summed E-state index contributed by atoms with van der Waals surface area (Å²) in [6, 6.07) is 25.3. The van der Waals surface area contributed by atoms with Gasteiger partial charge in [0.15, 0.2) is 0 Å². The Labute approximate surface area is 244 Å². The summed E-state index contributed by atoms with van der Waals surface area (Å²) < 4.78 is 12.9. The van der Waals surface area contributed by atoms with Gasteiger partial charge in [-0.1, -0.05) is 55.5 Å². The number of ether oxygens (including phenoxy) is 2. The Morgan fingerprint density at radius 2 is 1.73 bits per heavy atom. The van der Waals surface area contributed by atoms with E-state index in [0.29, 0.717) is 11.6 Å². The van der Waals surface area contributed by atoms with Crippen LogP contribution in [0.15, 0.2) is 78.9 Å². The molecule has 0 unspecified atom stereocenters. The van der Waals surface area contributed by atoms with Crippen LogP contribution in [0.5, 0.6) is 11.5 Å². The number of aromatic nitrogens is 2. The van der Waals surface area contributed by atoms with Crippen molar-refractivity contribution in [3.63, 3.8) is 0 Å². The smallest absolute Gasteiger partial charge is 0.240 e. The van der Waals surface area contributed by atoms with E-state index in [-0.39, 0.29) is 35.4 Å². The highest BCUT2D eigenvalue weighted by Crippen LogP contribution is 2.50. The van der Waals surface area contributed by atoms with Gasteiger partial charge in [0.1, 0.15) is 23.9 Å². The molecule has 212 valence electrons. The quantitative estimate of drug-likeness (QED) is 0.280. The molecule has 1 aromatic heterocycles. The normalized spacial score (nSPS) is 15.6. The molecule has 1 aliphatic rings. The molecule has 0 saturated heterocycles. The molecular weight excluding hydrogens is 536 g/mol. The van der Waals surface area contributed by atoms with Gasteiger partial charge in [-0.3, -0.25) is 14.5 Å². The Hall–Kier alpha value is -4.24. The monoisotopic (exact) mass is 570 g/mol. The number of methoxy groups -OCH3 is 2. The zero-order chi connectivity index (χ0) is 28.9. The van der Waals surface area contributed by atoms with Crippen molar-refractivity contribution < 1.29 is 19.1 Å². The highest BCUT2D eigenvalue weighted by atomic mass is 32.2. The minimum atomic E-state index is -0.282. The van der Waals surface area contributed by atoms with Crippen LogP contribution in [0.2, 0.25) is 0 Å². The van der Waals surface area contributed by atoms with E-state index in [0.717, 1.165) is 40.2 Å². The third-order valence-electron chi connectivity index (χ3n) is 7.20. The number of nitrogens with zero attached hydrogens (tertiary/aromatic N) is 3. The summed E-state index contributed by atoms with van der Waals surface area (Å²) >= 11 is 1.51. The average molecular weight is 571 g/mol. The number of para-hydroxylation sites is 1. The van der Waals surface area contributed by atoms with Crippen molar-refractivity contribution in [3.05, 3.63) is 90.0 Å². The van der Waals surface area contributed by atoms with Gasteiger partial charge in [0, 0.05) is 22.7 Å². The highest BCUT2D eigenvalue weighted by Gasteiger charge is 2.38. The molecule has 0 radical (unpaired) electrons. The summed E-state index contributed by atoms with van der Waals surface area (Å²) in [5.74, 6) is 1.80. The number of benzene rings is 3. The minimum Gasteiger partial charge on any atom is -0.497 e. The largest absolute Gasteiger partial charge is 0.497 e. The van der Waals surface area contributed by atoms with Gasteiger partial charge >= 0.3 is 0 Å². The second-order valence-corrected chi connectivity index (χ2v) is 10.9. The number of hydrogen-bond acceptors (Lipinski definition) is 6. The van der Waals surface area contributed by atoms with Crippen molar-refractivity contribution in [2.45, 2.75) is 31.6 Å². The van der Waals surface area contributed by atoms with Crippen LogP contribution in [0.4, 0.5) is 5.82 Å². The molecule has 2 atom stereocenters. The van der Waals surface area contributed by atoms with Gasteiger partial charge in [-0.25, -0.2) is 4.68 Å². The standard InChI is InChI=1S/C32H34N4O4S/c1-5-21(2)33-27(37)19-35-28(38)20-41-31(25-13-9-10-14-26(25)40-4)29-30(22-11-7-6-8-12-22)34-36(32(29)35)23-15-17-24(39-3)18-16-23/h6-18,21,31H,5,19-20H2,1-4H3,(H,33,37)/t21-,31+/m1/s1. The predicted molar refractivity (Wildman–Crippen MR) is 163 cm³/mol. The van der Waals surface area contributed by atoms with Crippen molar-refractivity contribution in [1.82, 2.24) is 15.1 Å². The molecule has 5 rings (SSSR count). The Balaban J connectivity index is 1.79. The van der Waals surface area contributed by atoms with Crippen molar-refractivity contribution in [1.29, 1.82) is 0 Å². The first kappa shape index (κ1) is 28.3. The Morgan fingerprint density at radius 1 is 1.02 bits per heavy atom. The summed E-state index contributed by atoms with van der Waals surface area (Å²) in [4.78, 5) is 28.7. The van der Waals surface area contributed by atoms with Crippen molar-refractivity contribution in [2.75, 3.05) is 31.4 Å². The Morgan fingerprint density at radius 3 is 2.41 bits per heavy atom. The molecule has 1 aliphatic heterocycles. The molecule has 8 nitrogen and oxygen atoms in total. The summed E-state index contributed by atoms with van der Waals surface area (Å²) in [7, 11) is 3.27. The van der Waals surface area contributed by atoms with E-state index in [1.807, 2.05) is 92.7 Å². The van der Waals surface area contributed by atoms with Crippen molar-refractivity contribution >= 4 is 29.4 Å². The zero-order valence-electron chi connectivity index (χ0n) is 23.7. The maximum Gasteiger partial charge on any atom is 0.240 e. The molecule has 0 aliphatic carbocycles. The summed E-state index contributed by atoms with van der Waals surface area (Å²) in [6.45, 7) is 3.85. The van der Waals surface area contributed by atoms with E-state index < -0.39 is 0 Å². The topological polar surface area (TPSA) is 85.7 Å². The molecule has 3 aromatic carbocycles. The number of carbonyl (C=O) groups is 2. The van der Waals surface area contributed by atoms with Gasteiger partial charge in [-0.15, -0.1) is 11.8 Å².